The number of aliphatic hydroxyl groups excluding tert-OH is 1. The molecular weight excluding hydrogens is 458 g/mol. The van der Waals surface area contributed by atoms with Gasteiger partial charge in [0.1, 0.15) is 0 Å². The molecule has 0 amide bonds. The summed E-state index contributed by atoms with van der Waals surface area (Å²) >= 11 is 4.82. The first-order chi connectivity index (χ1) is 11.2. The Balaban J connectivity index is 0.00000208. The van der Waals surface area contributed by atoms with Crippen LogP contribution in [0.5, 0.6) is 0 Å². The van der Waals surface area contributed by atoms with Gasteiger partial charge in [-0.3, -0.25) is 4.79 Å². The Morgan fingerprint density at radius 3 is 2.79 bits per heavy atom. The maximum absolute atomic E-state index is 12.5. The summed E-state index contributed by atoms with van der Waals surface area (Å²) in [5, 5.41) is 12.1. The van der Waals surface area contributed by atoms with E-state index in [1.807, 2.05) is 41.0 Å². The molecule has 0 fully saturated rings. The number of Topliss-reactive ketones (excluding diaryl/α,β-unsaturated/α-hetero) is 1. The molecule has 2 heterocycles. The van der Waals surface area contributed by atoms with E-state index in [1.165, 1.54) is 11.3 Å². The Bertz CT molecular complexity index is 832. The maximum atomic E-state index is 12.5. The van der Waals surface area contributed by atoms with Crippen LogP contribution in [-0.2, 0) is 6.54 Å². The third kappa shape index (κ3) is 4.24. The van der Waals surface area contributed by atoms with Gasteiger partial charge in [-0.1, -0.05) is 12.1 Å². The van der Waals surface area contributed by atoms with Crippen molar-refractivity contribution in [1.82, 2.24) is 9.55 Å². The molecular formula is C16H17Br2N3O2S. The van der Waals surface area contributed by atoms with E-state index in [0.29, 0.717) is 18.9 Å². The van der Waals surface area contributed by atoms with Gasteiger partial charge in [-0.2, -0.15) is 0 Å². The van der Waals surface area contributed by atoms with Crippen LogP contribution >= 0.6 is 44.2 Å². The van der Waals surface area contributed by atoms with Gasteiger partial charge < -0.3 is 15.0 Å². The number of aromatic nitrogens is 2. The molecule has 0 aliphatic heterocycles. The highest BCUT2D eigenvalue weighted by Gasteiger charge is 2.15. The number of anilines is 1. The summed E-state index contributed by atoms with van der Waals surface area (Å²) in [5.74, 6) is 0.706. The second kappa shape index (κ2) is 8.75. The predicted molar refractivity (Wildman–Crippen MR) is 107 cm³/mol. The van der Waals surface area contributed by atoms with E-state index in [-0.39, 0.29) is 35.9 Å². The van der Waals surface area contributed by atoms with E-state index in [4.69, 9.17) is 5.11 Å². The smallest absolute Gasteiger partial charge is 0.204 e. The molecule has 24 heavy (non-hydrogen) atoms. The molecule has 8 heteroatoms. The van der Waals surface area contributed by atoms with Crippen molar-refractivity contribution in [2.75, 3.05) is 18.5 Å². The Morgan fingerprint density at radius 1 is 1.29 bits per heavy atom. The van der Waals surface area contributed by atoms with Gasteiger partial charge >= 0.3 is 0 Å². The van der Waals surface area contributed by atoms with Crippen LogP contribution in [0.1, 0.15) is 16.1 Å². The van der Waals surface area contributed by atoms with Crippen LogP contribution in [0.2, 0.25) is 0 Å². The molecule has 0 bridgehead atoms. The first-order valence-electron chi connectivity index (χ1n) is 7.27. The van der Waals surface area contributed by atoms with E-state index in [9.17, 15) is 4.79 Å². The van der Waals surface area contributed by atoms with Gasteiger partial charge in [-0.05, 0) is 46.6 Å². The van der Waals surface area contributed by atoms with Crippen molar-refractivity contribution in [2.24, 2.45) is 0 Å². The number of ketones is 1. The first kappa shape index (κ1) is 19.1. The first-order valence-corrected chi connectivity index (χ1v) is 8.88. The van der Waals surface area contributed by atoms with Crippen LogP contribution in [0.15, 0.2) is 40.2 Å². The second-order valence-corrected chi connectivity index (χ2v) is 7.50. The van der Waals surface area contributed by atoms with E-state index < -0.39 is 0 Å². The summed E-state index contributed by atoms with van der Waals surface area (Å²) in [6.07, 6.45) is 0.634. The molecule has 1 aromatic carbocycles. The zero-order valence-electron chi connectivity index (χ0n) is 12.7. The Hall–Kier alpha value is -1.22. The molecule has 0 saturated carbocycles. The number of fused-ring (bicyclic) bond motifs is 1. The summed E-state index contributed by atoms with van der Waals surface area (Å²) in [6.45, 7) is 0.961. The highest BCUT2D eigenvalue weighted by molar-refractivity contribution is 9.11. The number of nitrogens with zero attached hydrogens (tertiary/aromatic N) is 2. The van der Waals surface area contributed by atoms with Crippen LogP contribution in [0.3, 0.4) is 0 Å². The Labute approximate surface area is 162 Å². The normalized spacial score (nSPS) is 10.6. The van der Waals surface area contributed by atoms with Gasteiger partial charge in [0.2, 0.25) is 5.95 Å². The van der Waals surface area contributed by atoms with Crippen LogP contribution in [-0.4, -0.2) is 33.6 Å². The van der Waals surface area contributed by atoms with Crippen molar-refractivity contribution in [1.29, 1.82) is 0 Å². The average Bonchev–Trinajstić information content (AvgIpc) is 3.12. The average molecular weight is 475 g/mol. The van der Waals surface area contributed by atoms with Gasteiger partial charge in [0.15, 0.2) is 5.78 Å². The minimum Gasteiger partial charge on any atom is -0.396 e. The van der Waals surface area contributed by atoms with Gasteiger partial charge in [0.05, 0.1) is 26.2 Å². The van der Waals surface area contributed by atoms with Crippen molar-refractivity contribution in [3.63, 3.8) is 0 Å². The molecule has 0 unspecified atom stereocenters. The molecule has 3 rings (SSSR count). The van der Waals surface area contributed by atoms with Crippen molar-refractivity contribution in [3.05, 3.63) is 45.1 Å². The number of carbonyl (C=O) groups excluding carboxylic acids is 1. The number of benzene rings is 1. The topological polar surface area (TPSA) is 67.2 Å². The third-order valence-electron chi connectivity index (χ3n) is 3.42. The number of aliphatic hydroxyl groups is 1. The van der Waals surface area contributed by atoms with Crippen molar-refractivity contribution in [3.8, 4) is 0 Å². The highest BCUT2D eigenvalue weighted by atomic mass is 79.9. The summed E-state index contributed by atoms with van der Waals surface area (Å²) in [7, 11) is 0. The fourth-order valence-electron chi connectivity index (χ4n) is 2.34. The molecule has 0 aliphatic carbocycles. The highest BCUT2D eigenvalue weighted by Crippen LogP contribution is 2.25. The third-order valence-corrected chi connectivity index (χ3v) is 5.09. The van der Waals surface area contributed by atoms with Gasteiger partial charge in [0.25, 0.3) is 0 Å². The number of rotatable bonds is 7. The fraction of sp³-hybridized carbons (Fsp3) is 0.250. The molecule has 0 saturated heterocycles. The number of halogens is 2. The van der Waals surface area contributed by atoms with Crippen molar-refractivity contribution in [2.45, 2.75) is 13.0 Å². The number of nitrogens with one attached hydrogen (secondary N) is 1. The van der Waals surface area contributed by atoms with Gasteiger partial charge in [-0.15, -0.1) is 28.3 Å². The monoisotopic (exact) mass is 473 g/mol. The molecule has 128 valence electrons. The fourth-order valence-corrected chi connectivity index (χ4v) is 3.65. The molecule has 2 aromatic heterocycles. The second-order valence-electron chi connectivity index (χ2n) is 5.04. The van der Waals surface area contributed by atoms with Crippen LogP contribution in [0.25, 0.3) is 11.0 Å². The standard InChI is InChI=1S/C16H16BrN3O2S.BrH/c17-15-7-6-14(23-15)13(22)10-20-12-5-2-1-4-11(12)19-16(20)18-8-3-9-21;/h1-2,4-7,21H,3,8-10H2,(H,18,19);1H. The molecule has 0 spiro atoms. The van der Waals surface area contributed by atoms with E-state index in [2.05, 4.69) is 26.2 Å². The van der Waals surface area contributed by atoms with E-state index in [0.717, 1.165) is 19.7 Å². The van der Waals surface area contributed by atoms with E-state index in [1.54, 1.807) is 0 Å². The minimum absolute atomic E-state index is 0. The van der Waals surface area contributed by atoms with Gasteiger partial charge in [-0.25, -0.2) is 4.98 Å². The van der Waals surface area contributed by atoms with Crippen molar-refractivity contribution < 1.29 is 9.90 Å². The quantitative estimate of drug-likeness (QED) is 0.399. The summed E-state index contributed by atoms with van der Waals surface area (Å²) < 4.78 is 2.83. The Morgan fingerprint density at radius 2 is 2.08 bits per heavy atom. The largest absolute Gasteiger partial charge is 0.396 e. The zero-order chi connectivity index (χ0) is 16.2. The lowest BCUT2D eigenvalue weighted by Crippen LogP contribution is -2.14. The van der Waals surface area contributed by atoms with Crippen LogP contribution in [0, 0.1) is 0 Å². The number of imidazole rings is 1. The lowest BCUT2D eigenvalue weighted by Gasteiger charge is -2.09. The molecule has 3 aromatic rings. The van der Waals surface area contributed by atoms with Crippen LogP contribution in [0.4, 0.5) is 5.95 Å². The summed E-state index contributed by atoms with van der Waals surface area (Å²) in [6, 6.07) is 11.4. The number of hydrogen-bond acceptors (Lipinski definition) is 5. The summed E-state index contributed by atoms with van der Waals surface area (Å²) in [5.41, 5.74) is 1.77. The van der Waals surface area contributed by atoms with E-state index >= 15 is 0 Å². The number of carbonyl (C=O) groups is 1. The molecule has 0 aliphatic rings. The minimum atomic E-state index is 0. The van der Waals surface area contributed by atoms with Crippen molar-refractivity contribution >= 4 is 67.0 Å². The maximum Gasteiger partial charge on any atom is 0.204 e. The molecule has 2 N–H and O–H groups in total. The van der Waals surface area contributed by atoms with Crippen LogP contribution < -0.4 is 5.32 Å². The molecule has 0 radical (unpaired) electrons. The lowest BCUT2D eigenvalue weighted by molar-refractivity contribution is 0.0978. The molecule has 5 nitrogen and oxygen atoms in total. The summed E-state index contributed by atoms with van der Waals surface area (Å²) in [4.78, 5) is 17.8. The number of thiophene rings is 1. The number of hydrogen-bond donors (Lipinski definition) is 2. The Kier molecular flexibility index (Phi) is 6.97. The number of para-hydroxylation sites is 2. The SMILES string of the molecule is Br.O=C(Cn1c(NCCCO)nc2ccccc21)c1ccc(Br)s1. The lowest BCUT2D eigenvalue weighted by atomic mass is 10.3. The zero-order valence-corrected chi connectivity index (χ0v) is 16.9. The van der Waals surface area contributed by atoms with Gasteiger partial charge in [0, 0.05) is 13.2 Å². The molecule has 0 atom stereocenters. The predicted octanol–water partition coefficient (Wildman–Crippen LogP) is 4.12.